The van der Waals surface area contributed by atoms with Gasteiger partial charge in [0.1, 0.15) is 5.82 Å². The summed E-state index contributed by atoms with van der Waals surface area (Å²) in [7, 11) is 0. The first kappa shape index (κ1) is 19.7. The number of thiazole rings is 1. The third-order valence-electron chi connectivity index (χ3n) is 4.58. The van der Waals surface area contributed by atoms with E-state index in [0.29, 0.717) is 10.7 Å². The number of aryl methyl sites for hydroxylation is 2. The Kier molecular flexibility index (Phi) is 5.54. The fraction of sp³-hybridized carbons (Fsp3) is 0.0870. The molecule has 0 atom stereocenters. The van der Waals surface area contributed by atoms with Crippen molar-refractivity contribution in [2.45, 2.75) is 13.8 Å². The van der Waals surface area contributed by atoms with E-state index in [1.165, 1.54) is 17.4 Å². The van der Waals surface area contributed by atoms with Gasteiger partial charge in [-0.1, -0.05) is 12.1 Å². The van der Waals surface area contributed by atoms with Gasteiger partial charge in [-0.2, -0.15) is 0 Å². The van der Waals surface area contributed by atoms with Crippen molar-refractivity contribution in [1.29, 1.82) is 0 Å². The highest BCUT2D eigenvalue weighted by molar-refractivity contribution is 7.14. The molecule has 150 valence electrons. The molecule has 4 rings (SSSR count). The summed E-state index contributed by atoms with van der Waals surface area (Å²) in [6.07, 6.45) is 3.48. The Balaban J connectivity index is 1.53. The summed E-state index contributed by atoms with van der Waals surface area (Å²) >= 11 is 1.47. The summed E-state index contributed by atoms with van der Waals surface area (Å²) in [6, 6.07) is 13.8. The number of nitrogens with zero attached hydrogens (tertiary/aromatic N) is 2. The molecule has 0 radical (unpaired) electrons. The second kappa shape index (κ2) is 8.42. The molecular formula is C23H19FN4OS. The zero-order valence-corrected chi connectivity index (χ0v) is 17.3. The molecule has 0 aliphatic carbocycles. The van der Waals surface area contributed by atoms with E-state index in [1.54, 1.807) is 43.6 Å². The minimum absolute atomic E-state index is 0.154. The average Bonchev–Trinajstić information content (AvgIpc) is 3.21. The third-order valence-corrected chi connectivity index (χ3v) is 5.33. The molecule has 5 nitrogen and oxygen atoms in total. The Morgan fingerprint density at radius 2 is 1.93 bits per heavy atom. The Bertz CT molecular complexity index is 1210. The maximum Gasteiger partial charge on any atom is 0.255 e. The fourth-order valence-electron chi connectivity index (χ4n) is 2.91. The molecule has 2 N–H and O–H groups in total. The predicted molar refractivity (Wildman–Crippen MR) is 119 cm³/mol. The molecule has 2 heterocycles. The number of hydrogen-bond acceptors (Lipinski definition) is 5. The van der Waals surface area contributed by atoms with Crippen LogP contribution < -0.4 is 10.6 Å². The number of amides is 1. The predicted octanol–water partition coefficient (Wildman–Crippen LogP) is 5.96. The number of carbonyl (C=O) groups excluding carboxylic acids is 1. The van der Waals surface area contributed by atoms with Crippen LogP contribution in [0.3, 0.4) is 0 Å². The van der Waals surface area contributed by atoms with E-state index in [9.17, 15) is 9.18 Å². The zero-order chi connectivity index (χ0) is 21.1. The highest BCUT2D eigenvalue weighted by Gasteiger charge is 2.12. The molecule has 30 heavy (non-hydrogen) atoms. The number of rotatable bonds is 5. The van der Waals surface area contributed by atoms with E-state index in [1.807, 2.05) is 30.5 Å². The summed E-state index contributed by atoms with van der Waals surface area (Å²) < 4.78 is 14.1. The quantitative estimate of drug-likeness (QED) is 0.420. The van der Waals surface area contributed by atoms with Gasteiger partial charge in [-0.05, 0) is 61.4 Å². The zero-order valence-electron chi connectivity index (χ0n) is 16.4. The molecule has 0 saturated carbocycles. The van der Waals surface area contributed by atoms with Gasteiger partial charge in [0.05, 0.1) is 11.4 Å². The largest absolute Gasteiger partial charge is 0.331 e. The summed E-state index contributed by atoms with van der Waals surface area (Å²) in [6.45, 7) is 3.74. The second-order valence-corrected chi connectivity index (χ2v) is 7.73. The summed E-state index contributed by atoms with van der Waals surface area (Å²) in [5.41, 5.74) is 4.87. The van der Waals surface area contributed by atoms with Crippen LogP contribution >= 0.6 is 11.3 Å². The topological polar surface area (TPSA) is 66.9 Å². The number of anilines is 3. The first-order valence-electron chi connectivity index (χ1n) is 9.31. The number of benzene rings is 2. The molecule has 0 spiro atoms. The molecule has 2 aromatic heterocycles. The first-order valence-corrected chi connectivity index (χ1v) is 10.2. The van der Waals surface area contributed by atoms with Gasteiger partial charge in [0, 0.05) is 34.6 Å². The number of aromatic nitrogens is 2. The lowest BCUT2D eigenvalue weighted by molar-refractivity contribution is 0.102. The Morgan fingerprint density at radius 1 is 1.07 bits per heavy atom. The minimum atomic E-state index is -0.459. The Hall–Kier alpha value is -3.58. The van der Waals surface area contributed by atoms with Crippen molar-refractivity contribution in [3.63, 3.8) is 0 Å². The van der Waals surface area contributed by atoms with E-state index in [2.05, 4.69) is 20.6 Å². The van der Waals surface area contributed by atoms with Gasteiger partial charge in [0.25, 0.3) is 5.91 Å². The Morgan fingerprint density at radius 3 is 2.70 bits per heavy atom. The van der Waals surface area contributed by atoms with Gasteiger partial charge in [0.2, 0.25) is 0 Å². The fourth-order valence-corrected chi connectivity index (χ4v) is 3.64. The number of hydrogen-bond donors (Lipinski definition) is 2. The van der Waals surface area contributed by atoms with Crippen LogP contribution in [0.15, 0.2) is 66.3 Å². The monoisotopic (exact) mass is 418 g/mol. The molecule has 0 fully saturated rings. The van der Waals surface area contributed by atoms with Gasteiger partial charge in [-0.25, -0.2) is 9.37 Å². The average molecular weight is 418 g/mol. The molecule has 1 amide bonds. The molecule has 4 aromatic rings. The van der Waals surface area contributed by atoms with Gasteiger partial charge in [-0.15, -0.1) is 11.3 Å². The minimum Gasteiger partial charge on any atom is -0.331 e. The number of carbonyl (C=O) groups is 1. The van der Waals surface area contributed by atoms with Crippen molar-refractivity contribution in [3.8, 4) is 11.3 Å². The molecule has 0 bridgehead atoms. The van der Waals surface area contributed by atoms with E-state index < -0.39 is 5.82 Å². The molecule has 0 aliphatic rings. The maximum absolute atomic E-state index is 14.1. The smallest absolute Gasteiger partial charge is 0.255 e. The van der Waals surface area contributed by atoms with Crippen molar-refractivity contribution >= 4 is 33.8 Å². The van der Waals surface area contributed by atoms with Crippen molar-refractivity contribution < 1.29 is 9.18 Å². The standard InChI is InChI=1S/C23H19FN4OS/c1-14-5-8-19(18(24)10-14)26-22(29)16-7-6-15(2)20(11-16)27-23-28-21(13-30-23)17-4-3-9-25-12-17/h3-13H,1-2H3,(H,26,29)(H,27,28). The van der Waals surface area contributed by atoms with Crippen LogP contribution in [0.2, 0.25) is 0 Å². The van der Waals surface area contributed by atoms with Gasteiger partial charge in [0.15, 0.2) is 5.13 Å². The molecule has 0 saturated heterocycles. The molecule has 0 aliphatic heterocycles. The lowest BCUT2D eigenvalue weighted by Gasteiger charge is -2.11. The normalized spacial score (nSPS) is 10.6. The maximum atomic E-state index is 14.1. The lowest BCUT2D eigenvalue weighted by atomic mass is 10.1. The van der Waals surface area contributed by atoms with Gasteiger partial charge >= 0.3 is 0 Å². The van der Waals surface area contributed by atoms with Crippen molar-refractivity contribution in [1.82, 2.24) is 9.97 Å². The summed E-state index contributed by atoms with van der Waals surface area (Å²) in [5, 5.41) is 8.56. The van der Waals surface area contributed by atoms with Gasteiger partial charge in [-0.3, -0.25) is 9.78 Å². The van der Waals surface area contributed by atoms with E-state index in [0.717, 1.165) is 28.1 Å². The molecule has 2 aromatic carbocycles. The lowest BCUT2D eigenvalue weighted by Crippen LogP contribution is -2.13. The SMILES string of the molecule is Cc1ccc(NC(=O)c2ccc(C)c(Nc3nc(-c4cccnc4)cs3)c2)c(F)c1. The van der Waals surface area contributed by atoms with Crippen molar-refractivity contribution in [2.24, 2.45) is 0 Å². The number of pyridine rings is 1. The molecule has 0 unspecified atom stereocenters. The Labute approximate surface area is 177 Å². The number of nitrogens with one attached hydrogen (secondary N) is 2. The van der Waals surface area contributed by atoms with Crippen molar-refractivity contribution in [3.05, 3.63) is 88.8 Å². The van der Waals surface area contributed by atoms with Crippen LogP contribution in [0.1, 0.15) is 21.5 Å². The van der Waals surface area contributed by atoms with Crippen LogP contribution in [0.5, 0.6) is 0 Å². The van der Waals surface area contributed by atoms with Crippen LogP contribution in [-0.2, 0) is 0 Å². The highest BCUT2D eigenvalue weighted by atomic mass is 32.1. The molecule has 7 heteroatoms. The number of halogens is 1. The van der Waals surface area contributed by atoms with Crippen LogP contribution in [-0.4, -0.2) is 15.9 Å². The van der Waals surface area contributed by atoms with E-state index >= 15 is 0 Å². The van der Waals surface area contributed by atoms with Crippen LogP contribution in [0, 0.1) is 19.7 Å². The first-order chi connectivity index (χ1) is 14.5. The van der Waals surface area contributed by atoms with E-state index in [4.69, 9.17) is 0 Å². The second-order valence-electron chi connectivity index (χ2n) is 6.87. The van der Waals surface area contributed by atoms with Crippen LogP contribution in [0.4, 0.5) is 20.9 Å². The van der Waals surface area contributed by atoms with Gasteiger partial charge < -0.3 is 10.6 Å². The summed E-state index contributed by atoms with van der Waals surface area (Å²) in [4.78, 5) is 21.3. The third kappa shape index (κ3) is 4.36. The van der Waals surface area contributed by atoms with E-state index in [-0.39, 0.29) is 11.6 Å². The molecular weight excluding hydrogens is 399 g/mol. The van der Waals surface area contributed by atoms with Crippen LogP contribution in [0.25, 0.3) is 11.3 Å². The summed E-state index contributed by atoms with van der Waals surface area (Å²) in [5.74, 6) is -0.837. The highest BCUT2D eigenvalue weighted by Crippen LogP contribution is 2.28. The van der Waals surface area contributed by atoms with Crippen molar-refractivity contribution in [2.75, 3.05) is 10.6 Å².